The average molecular weight is 777 g/mol. The average Bonchev–Trinajstić information content (AvgIpc) is 3.22. The van der Waals surface area contributed by atoms with Crippen molar-refractivity contribution in [2.75, 3.05) is 0 Å². The van der Waals surface area contributed by atoms with Gasteiger partial charge in [-0.15, -0.1) is 0 Å². The van der Waals surface area contributed by atoms with Crippen LogP contribution in [-0.2, 0) is 0 Å². The Morgan fingerprint density at radius 2 is 0.741 bits per heavy atom. The quantitative estimate of drug-likeness (QED) is 0.121. The van der Waals surface area contributed by atoms with E-state index < -0.39 is 16.1 Å². The first-order valence-electron chi connectivity index (χ1n) is 21.0. The highest BCUT2D eigenvalue weighted by Crippen LogP contribution is 2.52. The number of hydrogen-bond donors (Lipinski definition) is 0. The summed E-state index contributed by atoms with van der Waals surface area (Å²) in [6.07, 6.45) is 21.2. The summed E-state index contributed by atoms with van der Waals surface area (Å²) in [6, 6.07) is 44.5. The van der Waals surface area contributed by atoms with E-state index in [4.69, 9.17) is 0 Å². The van der Waals surface area contributed by atoms with E-state index in [1.54, 1.807) is 10.4 Å². The van der Waals surface area contributed by atoms with E-state index in [9.17, 15) is 0 Å². The first kappa shape index (κ1) is 35.4. The molecule has 11 rings (SSSR count). The lowest BCUT2D eigenvalue weighted by Gasteiger charge is -2.40. The van der Waals surface area contributed by atoms with Crippen LogP contribution < -0.4 is 10.4 Å². The highest BCUT2D eigenvalue weighted by Gasteiger charge is 2.38. The number of hydrogen-bond acceptors (Lipinski definition) is 0. The molecule has 0 saturated carbocycles. The molecule has 2 unspecified atom stereocenters. The van der Waals surface area contributed by atoms with Crippen molar-refractivity contribution in [1.29, 1.82) is 0 Å². The SMILES string of the molecule is C[Si](C)(C)c1c2ccccc2c(-c2cc(C3=C4C=CC5=CC=CC6=CC=C(C=C3)C4C56)cc(-c3c4ccccc4c([Si](C)(C)C)c4ccccc34)c2)c2ccccc12. The smallest absolute Gasteiger partial charge is 0.0656 e. The fourth-order valence-electron chi connectivity index (χ4n) is 11.0. The zero-order valence-electron chi connectivity index (χ0n) is 34.3. The summed E-state index contributed by atoms with van der Waals surface area (Å²) in [5, 5.41) is 14.1. The van der Waals surface area contributed by atoms with Crippen molar-refractivity contribution in [2.24, 2.45) is 11.8 Å². The van der Waals surface area contributed by atoms with Crippen LogP contribution in [0, 0.1) is 11.8 Å². The van der Waals surface area contributed by atoms with Gasteiger partial charge < -0.3 is 0 Å². The molecule has 7 aromatic rings. The van der Waals surface area contributed by atoms with E-state index in [0.29, 0.717) is 11.8 Å². The van der Waals surface area contributed by atoms with Crippen LogP contribution in [0.4, 0.5) is 0 Å². The van der Waals surface area contributed by atoms with Gasteiger partial charge in [0, 0.05) is 11.8 Å². The first-order chi connectivity index (χ1) is 28.1. The second kappa shape index (κ2) is 12.8. The van der Waals surface area contributed by atoms with Gasteiger partial charge >= 0.3 is 0 Å². The van der Waals surface area contributed by atoms with E-state index in [2.05, 4.69) is 209 Å². The molecule has 4 aliphatic carbocycles. The third kappa shape index (κ3) is 5.31. The van der Waals surface area contributed by atoms with Crippen LogP contribution >= 0.6 is 0 Å². The van der Waals surface area contributed by atoms with E-state index in [1.807, 2.05) is 0 Å². The number of allylic oxidation sites excluding steroid dienone is 14. The summed E-state index contributed by atoms with van der Waals surface area (Å²) in [6.45, 7) is 15.0. The van der Waals surface area contributed by atoms with Gasteiger partial charge in [0.05, 0.1) is 16.1 Å². The maximum Gasteiger partial charge on any atom is 0.0792 e. The van der Waals surface area contributed by atoms with Crippen LogP contribution in [0.15, 0.2) is 192 Å². The molecule has 280 valence electrons. The summed E-state index contributed by atoms with van der Waals surface area (Å²) in [4.78, 5) is 0. The maximum atomic E-state index is 2.53. The Bertz CT molecular complexity index is 2910. The highest BCUT2D eigenvalue weighted by atomic mass is 28.3. The minimum atomic E-state index is -1.75. The predicted octanol–water partition coefficient (Wildman–Crippen LogP) is 14.2. The summed E-state index contributed by atoms with van der Waals surface area (Å²) in [7, 11) is -3.50. The second-order valence-corrected chi connectivity index (χ2v) is 28.8. The molecule has 0 heterocycles. The van der Waals surface area contributed by atoms with Gasteiger partial charge in [0.2, 0.25) is 0 Å². The number of rotatable bonds is 5. The number of benzene rings is 7. The van der Waals surface area contributed by atoms with Crippen molar-refractivity contribution in [1.82, 2.24) is 0 Å². The predicted molar refractivity (Wildman–Crippen MR) is 259 cm³/mol. The van der Waals surface area contributed by atoms with Crippen LogP contribution in [0.5, 0.6) is 0 Å². The Morgan fingerprint density at radius 3 is 1.19 bits per heavy atom. The van der Waals surface area contributed by atoms with Gasteiger partial charge in [-0.2, -0.15) is 0 Å². The summed E-state index contributed by atoms with van der Waals surface area (Å²) >= 11 is 0. The fourth-order valence-corrected chi connectivity index (χ4v) is 15.1. The van der Waals surface area contributed by atoms with Gasteiger partial charge in [-0.1, -0.05) is 191 Å². The first-order valence-corrected chi connectivity index (χ1v) is 28.0. The summed E-state index contributed by atoms with van der Waals surface area (Å²) in [5.74, 6) is 0.667. The molecule has 0 radical (unpaired) electrons. The molecule has 0 aromatic heterocycles. The van der Waals surface area contributed by atoms with Gasteiger partial charge in [-0.3, -0.25) is 0 Å². The summed E-state index contributed by atoms with van der Waals surface area (Å²) < 4.78 is 0. The minimum Gasteiger partial charge on any atom is -0.0656 e. The van der Waals surface area contributed by atoms with Gasteiger partial charge in [0.25, 0.3) is 0 Å². The molecule has 2 heteroatoms. The molecule has 0 nitrogen and oxygen atoms in total. The Balaban J connectivity index is 1.28. The van der Waals surface area contributed by atoms with E-state index in [-0.39, 0.29) is 0 Å². The molecule has 2 atom stereocenters. The van der Waals surface area contributed by atoms with Gasteiger partial charge in [0.1, 0.15) is 0 Å². The second-order valence-electron chi connectivity index (χ2n) is 18.8. The maximum absolute atomic E-state index is 2.53. The molecule has 0 bridgehead atoms. The highest BCUT2D eigenvalue weighted by molar-refractivity contribution is 6.93. The largest absolute Gasteiger partial charge is 0.0792 e. The normalized spacial score (nSPS) is 18.6. The fraction of sp³-hybridized carbons (Fsp3) is 0.143. The van der Waals surface area contributed by atoms with E-state index >= 15 is 0 Å². The minimum absolute atomic E-state index is 0.309. The van der Waals surface area contributed by atoms with Gasteiger partial charge in [-0.05, 0) is 127 Å². The molecule has 4 aliphatic rings. The Morgan fingerprint density at radius 1 is 0.362 bits per heavy atom. The molecule has 58 heavy (non-hydrogen) atoms. The molecule has 0 spiro atoms. The molecule has 0 fully saturated rings. The lowest BCUT2D eigenvalue weighted by Crippen LogP contribution is -2.38. The van der Waals surface area contributed by atoms with Crippen LogP contribution in [-0.4, -0.2) is 16.1 Å². The summed E-state index contributed by atoms with van der Waals surface area (Å²) in [5.41, 5.74) is 13.5. The molecular formula is C56H48Si2. The third-order valence-corrected chi connectivity index (χ3v) is 17.3. The van der Waals surface area contributed by atoms with Crippen molar-refractivity contribution in [3.8, 4) is 22.3 Å². The number of fused-ring (bicyclic) bond motifs is 4. The zero-order chi connectivity index (χ0) is 39.5. The van der Waals surface area contributed by atoms with Crippen molar-refractivity contribution in [3.05, 3.63) is 198 Å². The van der Waals surface area contributed by atoms with Crippen molar-refractivity contribution >= 4 is 75.2 Å². The van der Waals surface area contributed by atoms with E-state index in [0.717, 1.165) is 0 Å². The monoisotopic (exact) mass is 776 g/mol. The van der Waals surface area contributed by atoms with E-state index in [1.165, 1.54) is 98.8 Å². The lowest BCUT2D eigenvalue weighted by atomic mass is 9.63. The topological polar surface area (TPSA) is 0 Å². The lowest BCUT2D eigenvalue weighted by molar-refractivity contribution is 0.566. The Kier molecular flexibility index (Phi) is 7.83. The molecule has 7 aromatic carbocycles. The molecule has 0 N–H and O–H groups in total. The van der Waals surface area contributed by atoms with Gasteiger partial charge in [-0.25, -0.2) is 0 Å². The molecule has 0 amide bonds. The molecular weight excluding hydrogens is 729 g/mol. The Hall–Kier alpha value is -5.81. The van der Waals surface area contributed by atoms with Gasteiger partial charge in [0.15, 0.2) is 0 Å². The van der Waals surface area contributed by atoms with Crippen LogP contribution in [0.1, 0.15) is 5.56 Å². The molecule has 0 aliphatic heterocycles. The van der Waals surface area contributed by atoms with Crippen LogP contribution in [0.3, 0.4) is 0 Å². The van der Waals surface area contributed by atoms with Crippen molar-refractivity contribution in [2.45, 2.75) is 39.3 Å². The third-order valence-electron chi connectivity index (χ3n) is 13.2. The van der Waals surface area contributed by atoms with Crippen molar-refractivity contribution < 1.29 is 0 Å². The standard InChI is InChI=1S/C56H48Si2/c1-57(2,3)55-47-22-11-7-18-42(47)52(43-19-8-12-23-48(43)55)39-32-38(41-30-28-37-27-26-35-16-15-17-36-29-31-46(41)54(37)51(35)36)33-40(34-39)53-44-20-9-13-24-49(44)56(58(4,5)6)50-25-14-10-21-45(50)53/h7-34,51,54H,1-6H3. The Labute approximate surface area is 344 Å². The van der Waals surface area contributed by atoms with Crippen molar-refractivity contribution in [3.63, 3.8) is 0 Å². The zero-order valence-corrected chi connectivity index (χ0v) is 36.3. The molecule has 0 saturated heterocycles. The van der Waals surface area contributed by atoms with Crippen LogP contribution in [0.25, 0.3) is 70.9 Å². The van der Waals surface area contributed by atoms with Crippen LogP contribution in [0.2, 0.25) is 39.3 Å².